The van der Waals surface area contributed by atoms with E-state index in [1.165, 1.54) is 18.3 Å². The van der Waals surface area contributed by atoms with E-state index in [0.717, 1.165) is 5.69 Å². The molecule has 19 heavy (non-hydrogen) atoms. The summed E-state index contributed by atoms with van der Waals surface area (Å²) in [4.78, 5) is 7.96. The number of hydrogen-bond donors (Lipinski definition) is 3. The van der Waals surface area contributed by atoms with Gasteiger partial charge in [-0.15, -0.1) is 0 Å². The first-order valence-corrected chi connectivity index (χ1v) is 6.89. The lowest BCUT2D eigenvalue weighted by molar-refractivity contribution is 0.600. The molecule has 0 aliphatic carbocycles. The van der Waals surface area contributed by atoms with Crippen molar-refractivity contribution in [2.75, 3.05) is 10.1 Å². The van der Waals surface area contributed by atoms with Crippen molar-refractivity contribution in [2.45, 2.75) is 11.8 Å². The number of sulfonamides is 1. The second-order valence-electron chi connectivity index (χ2n) is 3.79. The third kappa shape index (κ3) is 3.18. The first-order valence-electron chi connectivity index (χ1n) is 5.40. The van der Waals surface area contributed by atoms with Crippen LogP contribution in [0.25, 0.3) is 0 Å². The lowest BCUT2D eigenvalue weighted by atomic mass is 10.4. The van der Waals surface area contributed by atoms with Crippen LogP contribution in [-0.2, 0) is 10.0 Å². The molecular formula is C11H13N5O2S. The normalized spacial score (nSPS) is 11.1. The molecule has 0 unspecified atom stereocenters. The van der Waals surface area contributed by atoms with Crippen LogP contribution in [0.1, 0.15) is 5.69 Å². The third-order valence-corrected chi connectivity index (χ3v) is 3.66. The van der Waals surface area contributed by atoms with Crippen LogP contribution in [0, 0.1) is 6.92 Å². The molecule has 2 aromatic heterocycles. The van der Waals surface area contributed by atoms with Gasteiger partial charge in [0.25, 0.3) is 10.0 Å². The number of nitrogens with one attached hydrogen (secondary N) is 2. The van der Waals surface area contributed by atoms with E-state index in [0.29, 0.717) is 5.82 Å². The van der Waals surface area contributed by atoms with Crippen molar-refractivity contribution in [2.24, 2.45) is 5.84 Å². The van der Waals surface area contributed by atoms with Crippen LogP contribution in [0.2, 0.25) is 0 Å². The zero-order valence-electron chi connectivity index (χ0n) is 10.2. The Labute approximate surface area is 110 Å². The van der Waals surface area contributed by atoms with Gasteiger partial charge in [0.15, 0.2) is 0 Å². The van der Waals surface area contributed by atoms with Crippen LogP contribution < -0.4 is 16.0 Å². The molecule has 0 aromatic carbocycles. The molecule has 7 nitrogen and oxygen atoms in total. The maximum atomic E-state index is 12.1. The van der Waals surface area contributed by atoms with E-state index in [1.807, 2.05) is 0 Å². The SMILES string of the molecule is Cc1cccc(NS(=O)(=O)c2ccc(NN)nc2)n1. The van der Waals surface area contributed by atoms with Gasteiger partial charge in [0.1, 0.15) is 16.5 Å². The zero-order valence-corrected chi connectivity index (χ0v) is 11.0. The van der Waals surface area contributed by atoms with Crippen LogP contribution >= 0.6 is 0 Å². The number of rotatable bonds is 4. The van der Waals surface area contributed by atoms with E-state index in [1.54, 1.807) is 25.1 Å². The van der Waals surface area contributed by atoms with Crippen molar-refractivity contribution in [3.63, 3.8) is 0 Å². The van der Waals surface area contributed by atoms with E-state index in [4.69, 9.17) is 5.84 Å². The van der Waals surface area contributed by atoms with Gasteiger partial charge in [-0.25, -0.2) is 24.2 Å². The minimum absolute atomic E-state index is 0.0369. The predicted octanol–water partition coefficient (Wildman–Crippen LogP) is 0.871. The molecule has 0 aliphatic heterocycles. The summed E-state index contributed by atoms with van der Waals surface area (Å²) < 4.78 is 26.5. The summed E-state index contributed by atoms with van der Waals surface area (Å²) in [6.07, 6.45) is 1.22. The Hall–Kier alpha value is -2.19. The van der Waals surface area contributed by atoms with Crippen LogP contribution in [0.5, 0.6) is 0 Å². The number of nitrogens with two attached hydrogens (primary N) is 1. The van der Waals surface area contributed by atoms with Crippen molar-refractivity contribution in [3.05, 3.63) is 42.2 Å². The van der Waals surface area contributed by atoms with Crippen molar-refractivity contribution in [1.29, 1.82) is 0 Å². The minimum atomic E-state index is -3.70. The summed E-state index contributed by atoms with van der Waals surface area (Å²) in [6.45, 7) is 1.78. The number of hydrazine groups is 1. The summed E-state index contributed by atoms with van der Waals surface area (Å²) in [7, 11) is -3.70. The monoisotopic (exact) mass is 279 g/mol. The highest BCUT2D eigenvalue weighted by atomic mass is 32.2. The van der Waals surface area contributed by atoms with Crippen LogP contribution in [0.4, 0.5) is 11.6 Å². The lowest BCUT2D eigenvalue weighted by Gasteiger charge is -2.08. The summed E-state index contributed by atoms with van der Waals surface area (Å²) in [5, 5.41) is 0. The van der Waals surface area contributed by atoms with E-state index in [9.17, 15) is 8.42 Å². The number of nitrogen functional groups attached to an aromatic ring is 1. The number of aryl methyl sites for hydroxylation is 1. The van der Waals surface area contributed by atoms with Crippen molar-refractivity contribution in [3.8, 4) is 0 Å². The first-order chi connectivity index (χ1) is 9.01. The summed E-state index contributed by atoms with van der Waals surface area (Å²) in [5.74, 6) is 5.81. The fourth-order valence-corrected chi connectivity index (χ4v) is 2.37. The first kappa shape index (κ1) is 13.2. The van der Waals surface area contributed by atoms with Crippen LogP contribution in [-0.4, -0.2) is 18.4 Å². The number of aromatic nitrogens is 2. The summed E-state index contributed by atoms with van der Waals surface area (Å²) in [6, 6.07) is 7.95. The standard InChI is InChI=1S/C11H13N5O2S/c1-8-3-2-4-11(14-8)16-19(17,18)9-5-6-10(15-12)13-7-9/h2-7H,12H2,1H3,(H,13,15)(H,14,16). The Morgan fingerprint density at radius 1 is 1.16 bits per heavy atom. The fourth-order valence-electron chi connectivity index (χ4n) is 1.42. The summed E-state index contributed by atoms with van der Waals surface area (Å²) >= 11 is 0. The van der Waals surface area contributed by atoms with Crippen molar-refractivity contribution >= 4 is 21.7 Å². The Balaban J connectivity index is 2.27. The molecule has 2 aromatic rings. The van der Waals surface area contributed by atoms with Crippen molar-refractivity contribution < 1.29 is 8.42 Å². The molecule has 0 aliphatic rings. The molecule has 0 fully saturated rings. The number of hydrogen-bond acceptors (Lipinski definition) is 6. The Morgan fingerprint density at radius 2 is 1.95 bits per heavy atom. The minimum Gasteiger partial charge on any atom is -0.308 e. The lowest BCUT2D eigenvalue weighted by Crippen LogP contribution is -2.15. The maximum Gasteiger partial charge on any atom is 0.264 e. The quantitative estimate of drug-likeness (QED) is 0.566. The largest absolute Gasteiger partial charge is 0.308 e. The highest BCUT2D eigenvalue weighted by molar-refractivity contribution is 7.92. The van der Waals surface area contributed by atoms with Crippen LogP contribution in [0.3, 0.4) is 0 Å². The molecule has 0 saturated heterocycles. The van der Waals surface area contributed by atoms with E-state index >= 15 is 0 Å². The molecule has 8 heteroatoms. The van der Waals surface area contributed by atoms with E-state index in [-0.39, 0.29) is 10.7 Å². The van der Waals surface area contributed by atoms with Gasteiger partial charge in [-0.2, -0.15) is 0 Å². The van der Waals surface area contributed by atoms with Crippen molar-refractivity contribution in [1.82, 2.24) is 9.97 Å². The van der Waals surface area contributed by atoms with Gasteiger partial charge in [0.2, 0.25) is 0 Å². The molecule has 0 radical (unpaired) electrons. The van der Waals surface area contributed by atoms with Gasteiger partial charge in [0.05, 0.1) is 0 Å². The fraction of sp³-hybridized carbons (Fsp3) is 0.0909. The van der Waals surface area contributed by atoms with Crippen LogP contribution in [0.15, 0.2) is 41.4 Å². The molecule has 2 heterocycles. The second-order valence-corrected chi connectivity index (χ2v) is 5.48. The van der Waals surface area contributed by atoms with Gasteiger partial charge >= 0.3 is 0 Å². The molecule has 0 saturated carbocycles. The van der Waals surface area contributed by atoms with Gasteiger partial charge < -0.3 is 5.43 Å². The summed E-state index contributed by atoms with van der Waals surface area (Å²) in [5.41, 5.74) is 3.05. The molecule has 0 bridgehead atoms. The highest BCUT2D eigenvalue weighted by Gasteiger charge is 2.15. The average molecular weight is 279 g/mol. The van der Waals surface area contributed by atoms with E-state index in [2.05, 4.69) is 20.1 Å². The zero-order chi connectivity index (χ0) is 13.9. The number of nitrogens with zero attached hydrogens (tertiary/aromatic N) is 2. The topological polar surface area (TPSA) is 110 Å². The molecule has 0 spiro atoms. The Morgan fingerprint density at radius 3 is 2.53 bits per heavy atom. The second kappa shape index (κ2) is 5.21. The smallest absolute Gasteiger partial charge is 0.264 e. The molecule has 100 valence electrons. The third-order valence-electron chi connectivity index (χ3n) is 2.32. The van der Waals surface area contributed by atoms with Gasteiger partial charge in [-0.1, -0.05) is 6.07 Å². The predicted molar refractivity (Wildman–Crippen MR) is 71.8 cm³/mol. The Kier molecular flexibility index (Phi) is 3.63. The maximum absolute atomic E-state index is 12.1. The van der Waals surface area contributed by atoms with E-state index < -0.39 is 10.0 Å². The molecule has 2 rings (SSSR count). The van der Waals surface area contributed by atoms with Gasteiger partial charge in [-0.05, 0) is 31.2 Å². The molecule has 0 amide bonds. The number of pyridine rings is 2. The number of anilines is 2. The average Bonchev–Trinajstić information content (AvgIpc) is 2.38. The van der Waals surface area contributed by atoms with Gasteiger partial charge in [-0.3, -0.25) is 4.72 Å². The Bertz CT molecular complexity index is 670. The van der Waals surface area contributed by atoms with Gasteiger partial charge in [0, 0.05) is 11.9 Å². The highest BCUT2D eigenvalue weighted by Crippen LogP contribution is 2.14. The molecule has 4 N–H and O–H groups in total. The molecule has 0 atom stereocenters. The molecular weight excluding hydrogens is 266 g/mol.